The quantitative estimate of drug-likeness (QED) is 0.726. The summed E-state index contributed by atoms with van der Waals surface area (Å²) in [4.78, 5) is 29.1. The highest BCUT2D eigenvalue weighted by molar-refractivity contribution is 7.09. The van der Waals surface area contributed by atoms with Crippen molar-refractivity contribution in [2.75, 3.05) is 39.6 Å². The summed E-state index contributed by atoms with van der Waals surface area (Å²) >= 11 is 1.54. The lowest BCUT2D eigenvalue weighted by atomic mass is 10.1. The summed E-state index contributed by atoms with van der Waals surface area (Å²) < 4.78 is 0. The van der Waals surface area contributed by atoms with E-state index in [0.29, 0.717) is 13.1 Å². The Balaban J connectivity index is 1.90. The highest BCUT2D eigenvalue weighted by Gasteiger charge is 2.18. The minimum atomic E-state index is -0.613. The molecule has 0 unspecified atom stereocenters. The van der Waals surface area contributed by atoms with E-state index in [1.165, 1.54) is 0 Å². The molecule has 1 heterocycles. The molecule has 0 radical (unpaired) electrons. The van der Waals surface area contributed by atoms with Crippen molar-refractivity contribution in [2.45, 2.75) is 12.6 Å². The standard InChI is InChI=1S/C19H26N4O2S/c1-22(2)15-9-7-14(8-10-15)17(23(3)4)13-21-19(25)18(24)20-12-16-6-5-11-26-16/h5-11,17H,12-13H2,1-4H3,(H,20,24)(H,21,25)/t17-/m0/s1. The van der Waals surface area contributed by atoms with Crippen LogP contribution in [0.1, 0.15) is 16.5 Å². The number of benzene rings is 1. The molecule has 2 aromatic rings. The molecule has 140 valence electrons. The second-order valence-corrected chi connectivity index (χ2v) is 7.47. The Labute approximate surface area is 158 Å². The van der Waals surface area contributed by atoms with Crippen molar-refractivity contribution in [3.8, 4) is 0 Å². The van der Waals surface area contributed by atoms with Gasteiger partial charge in [-0.3, -0.25) is 9.59 Å². The molecule has 1 atom stereocenters. The molecule has 1 aromatic carbocycles. The first kappa shape index (κ1) is 19.9. The van der Waals surface area contributed by atoms with Crippen LogP contribution in [-0.2, 0) is 16.1 Å². The predicted octanol–water partition coefficient (Wildman–Crippen LogP) is 1.85. The summed E-state index contributed by atoms with van der Waals surface area (Å²) in [6, 6.07) is 12.0. The zero-order valence-electron chi connectivity index (χ0n) is 15.7. The maximum atomic E-state index is 12.1. The van der Waals surface area contributed by atoms with E-state index in [0.717, 1.165) is 16.1 Å². The Hall–Kier alpha value is -2.38. The number of hydrogen-bond acceptors (Lipinski definition) is 5. The summed E-state index contributed by atoms with van der Waals surface area (Å²) in [7, 11) is 7.89. The highest BCUT2D eigenvalue weighted by Crippen LogP contribution is 2.20. The van der Waals surface area contributed by atoms with Gasteiger partial charge < -0.3 is 20.4 Å². The van der Waals surface area contributed by atoms with Gasteiger partial charge in [0.05, 0.1) is 12.6 Å². The Morgan fingerprint density at radius 2 is 1.65 bits per heavy atom. The lowest BCUT2D eigenvalue weighted by Gasteiger charge is -2.25. The summed E-state index contributed by atoms with van der Waals surface area (Å²) in [5.41, 5.74) is 2.20. The number of carbonyl (C=O) groups excluding carboxylic acids is 2. The third-order valence-corrected chi connectivity index (χ3v) is 4.96. The Morgan fingerprint density at radius 1 is 1.00 bits per heavy atom. The van der Waals surface area contributed by atoms with Gasteiger partial charge in [-0.25, -0.2) is 0 Å². The number of likely N-dealkylation sites (N-methyl/N-ethyl adjacent to an activating group) is 1. The maximum absolute atomic E-state index is 12.1. The van der Waals surface area contributed by atoms with Gasteiger partial charge in [0.2, 0.25) is 0 Å². The van der Waals surface area contributed by atoms with Crippen molar-refractivity contribution < 1.29 is 9.59 Å². The first-order valence-electron chi connectivity index (χ1n) is 8.40. The number of nitrogens with one attached hydrogen (secondary N) is 2. The van der Waals surface area contributed by atoms with Crippen LogP contribution < -0.4 is 15.5 Å². The van der Waals surface area contributed by atoms with E-state index in [2.05, 4.69) is 10.6 Å². The van der Waals surface area contributed by atoms with Crippen LogP contribution in [0.2, 0.25) is 0 Å². The van der Waals surface area contributed by atoms with E-state index >= 15 is 0 Å². The fourth-order valence-electron chi connectivity index (χ4n) is 2.52. The van der Waals surface area contributed by atoms with Crippen molar-refractivity contribution >= 4 is 28.8 Å². The minimum Gasteiger partial charge on any atom is -0.378 e. The molecule has 1 aromatic heterocycles. The van der Waals surface area contributed by atoms with E-state index in [1.807, 2.05) is 79.8 Å². The number of hydrogen-bond donors (Lipinski definition) is 2. The van der Waals surface area contributed by atoms with Crippen LogP contribution in [0.5, 0.6) is 0 Å². The van der Waals surface area contributed by atoms with Crippen molar-refractivity contribution in [1.82, 2.24) is 15.5 Å². The normalized spacial score (nSPS) is 11.9. The first-order chi connectivity index (χ1) is 12.4. The van der Waals surface area contributed by atoms with Gasteiger partial charge in [0.1, 0.15) is 0 Å². The van der Waals surface area contributed by atoms with Crippen LogP contribution in [0, 0.1) is 0 Å². The van der Waals surface area contributed by atoms with Gasteiger partial charge >= 0.3 is 11.8 Å². The third kappa shape index (κ3) is 5.57. The molecule has 7 heteroatoms. The van der Waals surface area contributed by atoms with E-state index < -0.39 is 11.8 Å². The molecule has 0 saturated heterocycles. The molecular weight excluding hydrogens is 348 g/mol. The van der Waals surface area contributed by atoms with Gasteiger partial charge in [-0.2, -0.15) is 0 Å². The number of anilines is 1. The molecule has 0 bridgehead atoms. The van der Waals surface area contributed by atoms with Crippen LogP contribution in [0.25, 0.3) is 0 Å². The maximum Gasteiger partial charge on any atom is 0.309 e. The van der Waals surface area contributed by atoms with Gasteiger partial charge in [0.15, 0.2) is 0 Å². The van der Waals surface area contributed by atoms with Crippen LogP contribution in [0.15, 0.2) is 41.8 Å². The fraction of sp³-hybridized carbons (Fsp3) is 0.368. The van der Waals surface area contributed by atoms with Gasteiger partial charge in [-0.05, 0) is 43.2 Å². The molecule has 0 fully saturated rings. The van der Waals surface area contributed by atoms with E-state index in [4.69, 9.17) is 0 Å². The monoisotopic (exact) mass is 374 g/mol. The van der Waals surface area contributed by atoms with Crippen molar-refractivity contribution in [3.05, 3.63) is 52.2 Å². The third-order valence-electron chi connectivity index (χ3n) is 4.08. The average molecular weight is 375 g/mol. The molecule has 0 aliphatic rings. The number of nitrogens with zero attached hydrogens (tertiary/aromatic N) is 2. The van der Waals surface area contributed by atoms with Gasteiger partial charge in [0, 0.05) is 31.2 Å². The van der Waals surface area contributed by atoms with Crippen molar-refractivity contribution in [1.29, 1.82) is 0 Å². The van der Waals surface area contributed by atoms with Crippen LogP contribution in [0.4, 0.5) is 5.69 Å². The largest absolute Gasteiger partial charge is 0.378 e. The predicted molar refractivity (Wildman–Crippen MR) is 106 cm³/mol. The molecule has 26 heavy (non-hydrogen) atoms. The SMILES string of the molecule is CN(C)c1ccc([C@H](CNC(=O)C(=O)NCc2cccs2)N(C)C)cc1. The number of rotatable bonds is 7. The van der Waals surface area contributed by atoms with E-state index in [-0.39, 0.29) is 6.04 Å². The summed E-state index contributed by atoms with van der Waals surface area (Å²) in [5.74, 6) is -1.22. The Morgan fingerprint density at radius 3 is 2.19 bits per heavy atom. The molecule has 2 rings (SSSR count). The van der Waals surface area contributed by atoms with E-state index in [1.54, 1.807) is 11.3 Å². The smallest absolute Gasteiger partial charge is 0.309 e. The topological polar surface area (TPSA) is 64.7 Å². The molecule has 0 aliphatic heterocycles. The van der Waals surface area contributed by atoms with Crippen LogP contribution in [-0.4, -0.2) is 51.4 Å². The van der Waals surface area contributed by atoms with Gasteiger partial charge in [-0.15, -0.1) is 11.3 Å². The molecule has 0 saturated carbocycles. The summed E-state index contributed by atoms with van der Waals surface area (Å²) in [6.07, 6.45) is 0. The summed E-state index contributed by atoms with van der Waals surface area (Å²) in [5, 5.41) is 7.30. The second-order valence-electron chi connectivity index (χ2n) is 6.44. The highest BCUT2D eigenvalue weighted by atomic mass is 32.1. The minimum absolute atomic E-state index is 0.0136. The number of carbonyl (C=O) groups is 2. The molecule has 2 N–H and O–H groups in total. The van der Waals surface area contributed by atoms with Crippen molar-refractivity contribution in [2.24, 2.45) is 0 Å². The molecule has 2 amide bonds. The molecule has 0 spiro atoms. The Kier molecular flexibility index (Phi) is 7.17. The molecular formula is C19H26N4O2S. The van der Waals surface area contributed by atoms with Crippen molar-refractivity contribution in [3.63, 3.8) is 0 Å². The first-order valence-corrected chi connectivity index (χ1v) is 9.28. The Bertz CT molecular complexity index is 712. The number of amides is 2. The van der Waals surface area contributed by atoms with Crippen LogP contribution in [0.3, 0.4) is 0 Å². The van der Waals surface area contributed by atoms with Crippen LogP contribution >= 0.6 is 11.3 Å². The fourth-order valence-corrected chi connectivity index (χ4v) is 3.17. The second kappa shape index (κ2) is 9.35. The van der Waals surface area contributed by atoms with E-state index in [9.17, 15) is 9.59 Å². The molecule has 6 nitrogen and oxygen atoms in total. The number of thiophene rings is 1. The average Bonchev–Trinajstić information content (AvgIpc) is 3.13. The lowest BCUT2D eigenvalue weighted by Crippen LogP contribution is -2.42. The zero-order chi connectivity index (χ0) is 19.1. The molecule has 0 aliphatic carbocycles. The lowest BCUT2D eigenvalue weighted by molar-refractivity contribution is -0.139. The van der Waals surface area contributed by atoms with Gasteiger partial charge in [0.25, 0.3) is 0 Å². The summed E-state index contributed by atoms with van der Waals surface area (Å²) in [6.45, 7) is 0.729. The van der Waals surface area contributed by atoms with Gasteiger partial charge in [-0.1, -0.05) is 18.2 Å². The zero-order valence-corrected chi connectivity index (χ0v) is 16.5.